The lowest BCUT2D eigenvalue weighted by Crippen LogP contribution is -2.48. The molecule has 0 N–H and O–H groups in total. The van der Waals surface area contributed by atoms with Gasteiger partial charge in [-0.05, 0) is 70.8 Å². The smallest absolute Gasteiger partial charge is 0.152 e. The number of alkyl halides is 1. The van der Waals surface area contributed by atoms with Crippen molar-refractivity contribution in [3.8, 4) is 5.75 Å². The molecule has 0 aliphatic carbocycles. The van der Waals surface area contributed by atoms with Crippen LogP contribution < -0.4 is 4.74 Å². The number of unbranched alkanes of at least 4 members (excludes halogenated alkanes) is 3. The summed E-state index contributed by atoms with van der Waals surface area (Å²) < 4.78 is 33.0. The molecule has 0 aromatic heterocycles. The van der Waals surface area contributed by atoms with Gasteiger partial charge in [0, 0.05) is 31.8 Å². The van der Waals surface area contributed by atoms with Crippen molar-refractivity contribution in [2.75, 3.05) is 38.9 Å². The van der Waals surface area contributed by atoms with Gasteiger partial charge in [-0.2, -0.15) is 0 Å². The van der Waals surface area contributed by atoms with Crippen molar-refractivity contribution in [1.29, 1.82) is 0 Å². The zero-order chi connectivity index (χ0) is 31.0. The summed E-state index contributed by atoms with van der Waals surface area (Å²) in [5.41, 5.74) is 4.40. The Morgan fingerprint density at radius 3 is 2.19 bits per heavy atom. The number of hydrogen-bond acceptors (Lipinski definition) is 5. The van der Waals surface area contributed by atoms with Gasteiger partial charge in [0.25, 0.3) is 0 Å². The first-order valence-electron chi connectivity index (χ1n) is 16.2. The van der Waals surface area contributed by atoms with E-state index in [0.29, 0.717) is 49.5 Å². The Morgan fingerprint density at radius 1 is 0.884 bits per heavy atom. The highest BCUT2D eigenvalue weighted by molar-refractivity contribution is 9.10. The Hall–Kier alpha value is -0.860. The van der Waals surface area contributed by atoms with Crippen LogP contribution in [-0.2, 0) is 31.8 Å². The quantitative estimate of drug-likeness (QED) is 0.102. The van der Waals surface area contributed by atoms with Gasteiger partial charge in [0.2, 0.25) is 0 Å². The van der Waals surface area contributed by atoms with Gasteiger partial charge < -0.3 is 23.7 Å². The Morgan fingerprint density at radius 2 is 1.53 bits per heavy atom. The maximum atomic E-state index is 7.03. The lowest BCUT2D eigenvalue weighted by molar-refractivity contribution is -0.213. The average molecular weight is 703 g/mol. The fourth-order valence-corrected chi connectivity index (χ4v) is 6.37. The third-order valence-electron chi connectivity index (χ3n) is 7.80. The normalized spacial score (nSPS) is 20.4. The van der Waals surface area contributed by atoms with Gasteiger partial charge >= 0.3 is 0 Å². The molecule has 1 unspecified atom stereocenters. The molecule has 0 saturated carbocycles. The van der Waals surface area contributed by atoms with Crippen molar-refractivity contribution in [3.05, 3.63) is 62.1 Å². The van der Waals surface area contributed by atoms with Crippen LogP contribution in [0.5, 0.6) is 5.75 Å². The summed E-state index contributed by atoms with van der Waals surface area (Å²) in [4.78, 5) is 0. The van der Waals surface area contributed by atoms with Crippen LogP contribution in [0.15, 0.2) is 34.8 Å². The van der Waals surface area contributed by atoms with Crippen LogP contribution in [0.4, 0.5) is 0 Å². The number of halogens is 3. The zero-order valence-corrected chi connectivity index (χ0v) is 29.6. The first kappa shape index (κ1) is 36.6. The molecule has 43 heavy (non-hydrogen) atoms. The van der Waals surface area contributed by atoms with Crippen LogP contribution in [0.3, 0.4) is 0 Å². The maximum absolute atomic E-state index is 7.03. The van der Waals surface area contributed by atoms with Crippen molar-refractivity contribution in [3.63, 3.8) is 0 Å². The van der Waals surface area contributed by atoms with E-state index in [1.165, 1.54) is 11.1 Å². The van der Waals surface area contributed by atoms with E-state index in [-0.39, 0.29) is 18.3 Å². The molecule has 0 amide bonds. The standard InChI is InChI=1S/C35H51BrCl2O5/c1-5-9-17-39-24-28-23-30(40-18-10-6-2)34(41-19-11-7-3)33(43-28)29-22-27(21-26-14-12-25(8-4)13-15-26)32(38)35(31(29)36)42-20-16-37/h12-15,22,28,30,33-34H,5-11,16-21,23-24H2,1-4H3/t28-,30-,33?,34+/m0/s1. The molecule has 2 aromatic carbocycles. The molecule has 0 bridgehead atoms. The Labute approximate surface area is 278 Å². The third kappa shape index (κ3) is 11.2. The average Bonchev–Trinajstić information content (AvgIpc) is 3.02. The highest BCUT2D eigenvalue weighted by Gasteiger charge is 2.42. The van der Waals surface area contributed by atoms with E-state index in [0.717, 1.165) is 73.6 Å². The summed E-state index contributed by atoms with van der Waals surface area (Å²) in [7, 11) is 0. The minimum absolute atomic E-state index is 0.123. The van der Waals surface area contributed by atoms with Crippen LogP contribution >= 0.6 is 39.1 Å². The van der Waals surface area contributed by atoms with Crippen molar-refractivity contribution >= 4 is 39.1 Å². The molecule has 0 radical (unpaired) electrons. The Kier molecular flexibility index (Phi) is 17.3. The van der Waals surface area contributed by atoms with Crippen molar-refractivity contribution < 1.29 is 23.7 Å². The maximum Gasteiger partial charge on any atom is 0.152 e. The van der Waals surface area contributed by atoms with Gasteiger partial charge in [0.05, 0.1) is 34.2 Å². The molecule has 1 saturated heterocycles. The van der Waals surface area contributed by atoms with E-state index in [1.54, 1.807) is 0 Å². The summed E-state index contributed by atoms with van der Waals surface area (Å²) >= 11 is 16.9. The molecule has 8 heteroatoms. The van der Waals surface area contributed by atoms with E-state index in [2.05, 4.69) is 74.0 Å². The number of benzene rings is 2. The van der Waals surface area contributed by atoms with E-state index in [4.69, 9.17) is 46.9 Å². The number of aryl methyl sites for hydroxylation is 1. The van der Waals surface area contributed by atoms with Crippen LogP contribution in [-0.4, -0.2) is 57.2 Å². The lowest BCUT2D eigenvalue weighted by atomic mass is 9.90. The summed E-state index contributed by atoms with van der Waals surface area (Å²) in [6, 6.07) is 10.8. The van der Waals surface area contributed by atoms with E-state index >= 15 is 0 Å². The van der Waals surface area contributed by atoms with Crippen LogP contribution in [0, 0.1) is 0 Å². The first-order valence-corrected chi connectivity index (χ1v) is 17.9. The van der Waals surface area contributed by atoms with Gasteiger partial charge in [-0.25, -0.2) is 0 Å². The topological polar surface area (TPSA) is 46.2 Å². The fourth-order valence-electron chi connectivity index (χ4n) is 5.25. The Balaban J connectivity index is 2.05. The molecule has 1 fully saturated rings. The highest BCUT2D eigenvalue weighted by Crippen LogP contribution is 2.46. The number of ether oxygens (including phenoxy) is 5. The molecular formula is C35H51BrCl2O5. The van der Waals surface area contributed by atoms with Gasteiger partial charge in [0.1, 0.15) is 18.8 Å². The summed E-state index contributed by atoms with van der Waals surface area (Å²) in [6.07, 6.45) is 7.68. The van der Waals surface area contributed by atoms with E-state index in [1.807, 2.05) is 0 Å². The molecule has 5 nitrogen and oxygen atoms in total. The second-order valence-electron chi connectivity index (χ2n) is 11.3. The second kappa shape index (κ2) is 20.3. The molecule has 4 atom stereocenters. The number of rotatable bonds is 20. The lowest BCUT2D eigenvalue weighted by Gasteiger charge is -2.42. The monoisotopic (exact) mass is 700 g/mol. The summed E-state index contributed by atoms with van der Waals surface area (Å²) in [5, 5.41) is 0.578. The largest absolute Gasteiger partial charge is 0.490 e. The second-order valence-corrected chi connectivity index (χ2v) is 12.8. The van der Waals surface area contributed by atoms with Gasteiger partial charge in [-0.1, -0.05) is 82.8 Å². The SMILES string of the molecule is CCCCOC[C@@H]1C[C@H](OCCCC)[C@@H](OCCCC)C(c2cc(Cc3ccc(CC)cc3)c(Cl)c(OCCCl)c2Br)O1. The van der Waals surface area contributed by atoms with Crippen LogP contribution in [0.2, 0.25) is 5.02 Å². The summed E-state index contributed by atoms with van der Waals surface area (Å²) in [6.45, 7) is 11.6. The van der Waals surface area contributed by atoms with E-state index < -0.39 is 6.10 Å². The predicted molar refractivity (Wildman–Crippen MR) is 181 cm³/mol. The molecule has 1 aliphatic rings. The van der Waals surface area contributed by atoms with E-state index in [9.17, 15) is 0 Å². The first-order chi connectivity index (χ1) is 21.0. The van der Waals surface area contributed by atoms with Crippen LogP contribution in [0.1, 0.15) is 101 Å². The molecule has 2 aromatic rings. The minimum Gasteiger partial charge on any atom is -0.490 e. The predicted octanol–water partition coefficient (Wildman–Crippen LogP) is 9.89. The number of hydrogen-bond donors (Lipinski definition) is 0. The molecule has 1 aliphatic heterocycles. The fraction of sp³-hybridized carbons (Fsp3) is 0.657. The zero-order valence-electron chi connectivity index (χ0n) is 26.5. The molecule has 1 heterocycles. The molecular weight excluding hydrogens is 651 g/mol. The van der Waals surface area contributed by atoms with Crippen molar-refractivity contribution in [2.45, 2.75) is 110 Å². The van der Waals surface area contributed by atoms with Crippen molar-refractivity contribution in [1.82, 2.24) is 0 Å². The molecule has 242 valence electrons. The minimum atomic E-state index is -0.400. The van der Waals surface area contributed by atoms with Gasteiger partial charge in [-0.15, -0.1) is 11.6 Å². The molecule has 3 rings (SSSR count). The third-order valence-corrected chi connectivity index (χ3v) is 9.19. The van der Waals surface area contributed by atoms with Crippen molar-refractivity contribution in [2.24, 2.45) is 0 Å². The highest BCUT2D eigenvalue weighted by atomic mass is 79.9. The Bertz CT molecular complexity index is 1070. The van der Waals surface area contributed by atoms with Gasteiger partial charge in [0.15, 0.2) is 5.75 Å². The molecule has 0 spiro atoms. The van der Waals surface area contributed by atoms with Gasteiger partial charge in [-0.3, -0.25) is 0 Å². The summed E-state index contributed by atoms with van der Waals surface area (Å²) in [5.74, 6) is 0.939. The van der Waals surface area contributed by atoms with Crippen LogP contribution in [0.25, 0.3) is 0 Å².